The van der Waals surface area contributed by atoms with Crippen LogP contribution in [0.25, 0.3) is 0 Å². The van der Waals surface area contributed by atoms with Crippen molar-refractivity contribution < 1.29 is 17.9 Å². The molecule has 0 aromatic rings. The number of hydrogen-bond donors (Lipinski definition) is 0. The number of nitrogens with zero attached hydrogens (tertiary/aromatic N) is 2. The van der Waals surface area contributed by atoms with Crippen molar-refractivity contribution in [2.45, 2.75) is 44.1 Å². The lowest BCUT2D eigenvalue weighted by molar-refractivity contribution is -0.150. The minimum atomic E-state index is -3.11. The van der Waals surface area contributed by atoms with Crippen LogP contribution in [0, 0.1) is 5.92 Å². The lowest BCUT2D eigenvalue weighted by Gasteiger charge is -2.42. The van der Waals surface area contributed by atoms with E-state index >= 15 is 0 Å². The first-order valence-electron chi connectivity index (χ1n) is 7.31. The highest BCUT2D eigenvalue weighted by molar-refractivity contribution is 7.90. The third-order valence-electron chi connectivity index (χ3n) is 4.23. The van der Waals surface area contributed by atoms with Gasteiger partial charge < -0.3 is 9.64 Å². The van der Waals surface area contributed by atoms with Gasteiger partial charge in [0.1, 0.15) is 0 Å². The van der Waals surface area contributed by atoms with Gasteiger partial charge in [-0.2, -0.15) is 4.31 Å². The molecule has 3 fully saturated rings. The molecule has 0 radical (unpaired) electrons. The quantitative estimate of drug-likeness (QED) is 0.738. The van der Waals surface area contributed by atoms with Gasteiger partial charge in [0, 0.05) is 26.2 Å². The van der Waals surface area contributed by atoms with E-state index in [1.165, 1.54) is 4.31 Å². The SMILES string of the molecule is CC1CN(C(=O)C2CN(S(=O)(=O)C3CC3)C2)CC(C)O1. The summed E-state index contributed by atoms with van der Waals surface area (Å²) >= 11 is 0. The van der Waals surface area contributed by atoms with Crippen molar-refractivity contribution in [1.29, 1.82) is 0 Å². The zero-order valence-corrected chi connectivity index (χ0v) is 12.8. The summed E-state index contributed by atoms with van der Waals surface area (Å²) in [5, 5.41) is -0.179. The number of amides is 1. The average Bonchev–Trinajstić information content (AvgIpc) is 3.08. The van der Waals surface area contributed by atoms with Crippen LogP contribution in [0.15, 0.2) is 0 Å². The van der Waals surface area contributed by atoms with Crippen LogP contribution in [0.4, 0.5) is 0 Å². The zero-order valence-electron chi connectivity index (χ0n) is 12.0. The second-order valence-corrected chi connectivity index (χ2v) is 8.47. The Morgan fingerprint density at radius 3 is 2.10 bits per heavy atom. The molecular weight excluding hydrogens is 280 g/mol. The van der Waals surface area contributed by atoms with E-state index in [4.69, 9.17) is 4.74 Å². The highest BCUT2D eigenvalue weighted by Crippen LogP contribution is 2.35. The van der Waals surface area contributed by atoms with E-state index < -0.39 is 10.0 Å². The normalized spacial score (nSPS) is 33.0. The fraction of sp³-hybridized carbons (Fsp3) is 0.923. The first-order chi connectivity index (χ1) is 9.38. The van der Waals surface area contributed by atoms with Gasteiger partial charge in [-0.15, -0.1) is 0 Å². The number of hydrogen-bond acceptors (Lipinski definition) is 4. The lowest BCUT2D eigenvalue weighted by atomic mass is 10.0. The van der Waals surface area contributed by atoms with E-state index in [1.54, 1.807) is 0 Å². The van der Waals surface area contributed by atoms with Gasteiger partial charge in [0.05, 0.1) is 23.4 Å². The maximum absolute atomic E-state index is 12.4. The average molecular weight is 302 g/mol. The Bertz CT molecular complexity index is 487. The van der Waals surface area contributed by atoms with Crippen LogP contribution in [0.2, 0.25) is 0 Å². The molecule has 0 N–H and O–H groups in total. The maximum atomic E-state index is 12.4. The second-order valence-electron chi connectivity index (χ2n) is 6.26. The predicted molar refractivity (Wildman–Crippen MR) is 73.6 cm³/mol. The van der Waals surface area contributed by atoms with Crippen LogP contribution in [-0.2, 0) is 19.6 Å². The summed E-state index contributed by atoms with van der Waals surface area (Å²) in [5.41, 5.74) is 0. The van der Waals surface area contributed by atoms with E-state index in [9.17, 15) is 13.2 Å². The molecule has 2 aliphatic heterocycles. The van der Waals surface area contributed by atoms with Crippen LogP contribution < -0.4 is 0 Å². The zero-order chi connectivity index (χ0) is 14.5. The number of ether oxygens (including phenoxy) is 1. The Kier molecular flexibility index (Phi) is 3.54. The van der Waals surface area contributed by atoms with Gasteiger partial charge in [-0.3, -0.25) is 4.79 Å². The molecule has 1 amide bonds. The van der Waals surface area contributed by atoms with Gasteiger partial charge in [0.15, 0.2) is 0 Å². The van der Waals surface area contributed by atoms with Crippen LogP contribution in [0.1, 0.15) is 26.7 Å². The van der Waals surface area contributed by atoms with Gasteiger partial charge in [-0.1, -0.05) is 0 Å². The molecule has 0 aromatic carbocycles. The van der Waals surface area contributed by atoms with Gasteiger partial charge >= 0.3 is 0 Å². The molecule has 7 heteroatoms. The summed E-state index contributed by atoms with van der Waals surface area (Å²) in [6.07, 6.45) is 1.65. The Hall–Kier alpha value is -0.660. The third-order valence-corrected chi connectivity index (χ3v) is 6.57. The Morgan fingerprint density at radius 2 is 1.60 bits per heavy atom. The molecule has 2 heterocycles. The molecule has 2 saturated heterocycles. The fourth-order valence-electron chi connectivity index (χ4n) is 2.99. The number of carbonyl (C=O) groups is 1. The van der Waals surface area contributed by atoms with Crippen molar-refractivity contribution in [1.82, 2.24) is 9.21 Å². The topological polar surface area (TPSA) is 66.9 Å². The van der Waals surface area contributed by atoms with Crippen LogP contribution in [0.3, 0.4) is 0 Å². The van der Waals surface area contributed by atoms with E-state index in [-0.39, 0.29) is 29.3 Å². The summed E-state index contributed by atoms with van der Waals surface area (Å²) in [6.45, 7) is 5.85. The minimum Gasteiger partial charge on any atom is -0.372 e. The first kappa shape index (κ1) is 14.3. The molecule has 3 rings (SSSR count). The number of sulfonamides is 1. The van der Waals surface area contributed by atoms with Crippen molar-refractivity contribution in [2.75, 3.05) is 26.2 Å². The molecule has 0 bridgehead atoms. The Labute approximate surface area is 120 Å². The monoisotopic (exact) mass is 302 g/mol. The van der Waals surface area contributed by atoms with E-state index in [2.05, 4.69) is 0 Å². The van der Waals surface area contributed by atoms with Crippen molar-refractivity contribution in [3.63, 3.8) is 0 Å². The summed E-state index contributed by atoms with van der Waals surface area (Å²) in [6, 6.07) is 0. The van der Waals surface area contributed by atoms with E-state index in [0.29, 0.717) is 26.2 Å². The molecule has 3 aliphatic rings. The van der Waals surface area contributed by atoms with Gasteiger partial charge in [0.2, 0.25) is 15.9 Å². The van der Waals surface area contributed by atoms with Gasteiger partial charge in [-0.25, -0.2) is 8.42 Å². The summed E-state index contributed by atoms with van der Waals surface area (Å²) < 4.78 is 31.1. The smallest absolute Gasteiger partial charge is 0.228 e. The molecule has 1 saturated carbocycles. The number of morpholine rings is 1. The lowest BCUT2D eigenvalue weighted by Crippen LogP contribution is -2.59. The molecule has 2 unspecified atom stereocenters. The molecular formula is C13H22N2O4S. The summed E-state index contributed by atoms with van der Waals surface area (Å²) in [5.74, 6) is -0.0877. The fourth-order valence-corrected chi connectivity index (χ4v) is 4.92. The number of rotatable bonds is 3. The highest BCUT2D eigenvalue weighted by Gasteiger charge is 2.48. The molecule has 6 nitrogen and oxygen atoms in total. The van der Waals surface area contributed by atoms with Crippen molar-refractivity contribution >= 4 is 15.9 Å². The molecule has 20 heavy (non-hydrogen) atoms. The van der Waals surface area contributed by atoms with Crippen molar-refractivity contribution in [2.24, 2.45) is 5.92 Å². The third kappa shape index (κ3) is 2.58. The summed E-state index contributed by atoms with van der Waals surface area (Å²) in [7, 11) is -3.11. The van der Waals surface area contributed by atoms with E-state index in [0.717, 1.165) is 12.8 Å². The van der Waals surface area contributed by atoms with Gasteiger partial charge in [-0.05, 0) is 26.7 Å². The van der Waals surface area contributed by atoms with E-state index in [1.807, 2.05) is 18.7 Å². The molecule has 1 aliphatic carbocycles. The second kappa shape index (κ2) is 4.96. The number of carbonyl (C=O) groups excluding carboxylic acids is 1. The first-order valence-corrected chi connectivity index (χ1v) is 8.81. The highest BCUT2D eigenvalue weighted by atomic mass is 32.2. The predicted octanol–water partition coefficient (Wildman–Crippen LogP) is 0.0462. The molecule has 0 spiro atoms. The van der Waals surface area contributed by atoms with Crippen LogP contribution in [-0.4, -0.2) is 67.2 Å². The Balaban J connectivity index is 1.55. The summed E-state index contributed by atoms with van der Waals surface area (Å²) in [4.78, 5) is 14.2. The van der Waals surface area contributed by atoms with Crippen molar-refractivity contribution in [3.05, 3.63) is 0 Å². The molecule has 114 valence electrons. The standard InChI is InChI=1S/C13H22N2O4S/c1-9-5-14(6-10(2)19-9)13(16)11-7-15(8-11)20(17,18)12-3-4-12/h9-12H,3-8H2,1-2H3. The molecule has 2 atom stereocenters. The maximum Gasteiger partial charge on any atom is 0.228 e. The largest absolute Gasteiger partial charge is 0.372 e. The van der Waals surface area contributed by atoms with Crippen LogP contribution in [0.5, 0.6) is 0 Å². The molecule has 0 aromatic heterocycles. The van der Waals surface area contributed by atoms with Gasteiger partial charge in [0.25, 0.3) is 0 Å². The Morgan fingerprint density at radius 1 is 1.05 bits per heavy atom. The van der Waals surface area contributed by atoms with Crippen molar-refractivity contribution in [3.8, 4) is 0 Å². The minimum absolute atomic E-state index is 0.0501. The van der Waals surface area contributed by atoms with Crippen LogP contribution >= 0.6 is 0 Å².